The van der Waals surface area contributed by atoms with Gasteiger partial charge in [-0.3, -0.25) is 0 Å². The number of nitrogens with zero attached hydrogens (tertiary/aromatic N) is 1. The fourth-order valence-corrected chi connectivity index (χ4v) is 3.17. The van der Waals surface area contributed by atoms with Crippen LogP contribution in [0.2, 0.25) is 0 Å². The van der Waals surface area contributed by atoms with Gasteiger partial charge in [-0.2, -0.15) is 0 Å². The summed E-state index contributed by atoms with van der Waals surface area (Å²) in [4.78, 5) is 2.58. The Labute approximate surface area is 127 Å². The second-order valence-corrected chi connectivity index (χ2v) is 6.21. The molecule has 1 saturated heterocycles. The van der Waals surface area contributed by atoms with Gasteiger partial charge in [0.15, 0.2) is 11.5 Å². The number of hydrogen-bond donors (Lipinski definition) is 1. The normalized spacial score (nSPS) is 20.7. The first kappa shape index (κ1) is 14.7. The van der Waals surface area contributed by atoms with E-state index >= 15 is 0 Å². The molecular formula is C17H26N2O2. The molecule has 116 valence electrons. The van der Waals surface area contributed by atoms with E-state index in [2.05, 4.69) is 36.2 Å². The number of fused-ring (bicyclic) bond motifs is 1. The Hall–Kier alpha value is -1.26. The first-order chi connectivity index (χ1) is 10.3. The lowest BCUT2D eigenvalue weighted by atomic mass is 9.98. The van der Waals surface area contributed by atoms with E-state index in [4.69, 9.17) is 9.47 Å². The van der Waals surface area contributed by atoms with Crippen LogP contribution in [0.25, 0.3) is 0 Å². The first-order valence-electron chi connectivity index (χ1n) is 8.11. The number of rotatable bonds is 5. The highest BCUT2D eigenvalue weighted by atomic mass is 16.7. The summed E-state index contributed by atoms with van der Waals surface area (Å²) < 4.78 is 10.9. The Morgan fingerprint density at radius 3 is 2.76 bits per heavy atom. The lowest BCUT2D eigenvalue weighted by Gasteiger charge is -2.33. The molecular weight excluding hydrogens is 264 g/mol. The summed E-state index contributed by atoms with van der Waals surface area (Å²) in [6.45, 7) is 9.34. The number of benzene rings is 1. The van der Waals surface area contributed by atoms with Gasteiger partial charge in [0.1, 0.15) is 0 Å². The molecule has 1 fully saturated rings. The maximum Gasteiger partial charge on any atom is 0.231 e. The molecule has 0 aliphatic carbocycles. The van der Waals surface area contributed by atoms with Crippen LogP contribution in [-0.2, 0) is 0 Å². The van der Waals surface area contributed by atoms with Gasteiger partial charge in [-0.1, -0.05) is 19.9 Å². The molecule has 1 unspecified atom stereocenters. The topological polar surface area (TPSA) is 33.7 Å². The quantitative estimate of drug-likeness (QED) is 0.904. The number of piperidine rings is 1. The minimum absolute atomic E-state index is 0.342. The first-order valence-corrected chi connectivity index (χ1v) is 8.11. The number of ether oxygens (including phenoxy) is 2. The van der Waals surface area contributed by atoms with Crippen molar-refractivity contribution in [1.29, 1.82) is 0 Å². The number of likely N-dealkylation sites (tertiary alicyclic amines) is 1. The fraction of sp³-hybridized carbons (Fsp3) is 0.647. The van der Waals surface area contributed by atoms with Gasteiger partial charge < -0.3 is 19.7 Å². The van der Waals surface area contributed by atoms with Gasteiger partial charge in [-0.25, -0.2) is 0 Å². The molecule has 2 heterocycles. The summed E-state index contributed by atoms with van der Waals surface area (Å²) in [7, 11) is 0. The van der Waals surface area contributed by atoms with Crippen molar-refractivity contribution >= 4 is 0 Å². The summed E-state index contributed by atoms with van der Waals surface area (Å²) in [5.74, 6) is 2.62. The third-order valence-electron chi connectivity index (χ3n) is 4.57. The highest BCUT2D eigenvalue weighted by Gasteiger charge is 2.22. The van der Waals surface area contributed by atoms with Crippen molar-refractivity contribution in [2.75, 3.05) is 33.0 Å². The Morgan fingerprint density at radius 1 is 1.24 bits per heavy atom. The Balaban J connectivity index is 1.69. The van der Waals surface area contributed by atoms with Crippen LogP contribution >= 0.6 is 0 Å². The van der Waals surface area contributed by atoms with Gasteiger partial charge in [-0.05, 0) is 56.1 Å². The molecule has 1 atom stereocenters. The summed E-state index contributed by atoms with van der Waals surface area (Å²) in [6.07, 6.45) is 2.64. The van der Waals surface area contributed by atoms with Crippen LogP contribution in [0.1, 0.15) is 38.3 Å². The zero-order chi connectivity index (χ0) is 14.7. The van der Waals surface area contributed by atoms with Crippen LogP contribution in [0, 0.1) is 5.92 Å². The van der Waals surface area contributed by atoms with E-state index in [0.29, 0.717) is 12.8 Å². The molecule has 0 radical (unpaired) electrons. The smallest absolute Gasteiger partial charge is 0.231 e. The van der Waals surface area contributed by atoms with E-state index in [1.165, 1.54) is 31.5 Å². The Morgan fingerprint density at radius 2 is 2.00 bits per heavy atom. The predicted octanol–water partition coefficient (Wildman–Crippen LogP) is 2.80. The van der Waals surface area contributed by atoms with Gasteiger partial charge in [0.25, 0.3) is 0 Å². The Kier molecular flexibility index (Phi) is 4.66. The number of nitrogens with one attached hydrogen (secondary N) is 1. The van der Waals surface area contributed by atoms with E-state index in [-0.39, 0.29) is 0 Å². The second kappa shape index (κ2) is 6.67. The fourth-order valence-electron chi connectivity index (χ4n) is 3.17. The molecule has 2 aliphatic heterocycles. The number of likely N-dealkylation sites (N-methyl/N-ethyl adjacent to an activating group) is 1. The summed E-state index contributed by atoms with van der Waals surface area (Å²) >= 11 is 0. The van der Waals surface area contributed by atoms with Crippen molar-refractivity contribution in [3.63, 3.8) is 0 Å². The van der Waals surface area contributed by atoms with Crippen LogP contribution in [0.4, 0.5) is 0 Å². The molecule has 0 spiro atoms. The van der Waals surface area contributed by atoms with Crippen molar-refractivity contribution in [2.45, 2.75) is 32.7 Å². The monoisotopic (exact) mass is 290 g/mol. The molecule has 1 aromatic carbocycles. The molecule has 0 bridgehead atoms. The van der Waals surface area contributed by atoms with Gasteiger partial charge >= 0.3 is 0 Å². The van der Waals surface area contributed by atoms with Crippen LogP contribution < -0.4 is 14.8 Å². The molecule has 0 amide bonds. The lowest BCUT2D eigenvalue weighted by Crippen LogP contribution is -2.39. The van der Waals surface area contributed by atoms with Gasteiger partial charge in [0.05, 0.1) is 0 Å². The highest BCUT2D eigenvalue weighted by molar-refractivity contribution is 5.45. The van der Waals surface area contributed by atoms with Crippen molar-refractivity contribution < 1.29 is 9.47 Å². The van der Waals surface area contributed by atoms with E-state index in [1.54, 1.807) is 0 Å². The highest BCUT2D eigenvalue weighted by Crippen LogP contribution is 2.34. The summed E-state index contributed by atoms with van der Waals surface area (Å²) in [5.41, 5.74) is 1.29. The molecule has 1 N–H and O–H groups in total. The standard InChI is InChI=1S/C17H26N2O2/c1-3-18-15(11-19-8-6-13(2)7-9-19)14-4-5-16-17(10-14)21-12-20-16/h4-5,10,13,15,18H,3,6-9,11-12H2,1-2H3. The molecule has 4 heteroatoms. The van der Waals surface area contributed by atoms with E-state index < -0.39 is 0 Å². The van der Waals surface area contributed by atoms with Crippen molar-refractivity contribution in [3.8, 4) is 11.5 Å². The summed E-state index contributed by atoms with van der Waals surface area (Å²) in [5, 5.41) is 3.61. The molecule has 4 nitrogen and oxygen atoms in total. The number of hydrogen-bond acceptors (Lipinski definition) is 4. The molecule has 0 aromatic heterocycles. The van der Waals surface area contributed by atoms with Crippen molar-refractivity contribution in [3.05, 3.63) is 23.8 Å². The van der Waals surface area contributed by atoms with Crippen LogP contribution in [-0.4, -0.2) is 37.9 Å². The zero-order valence-corrected chi connectivity index (χ0v) is 13.1. The zero-order valence-electron chi connectivity index (χ0n) is 13.1. The maximum absolute atomic E-state index is 5.51. The third-order valence-corrected chi connectivity index (χ3v) is 4.57. The molecule has 3 rings (SSSR count). The van der Waals surface area contributed by atoms with Gasteiger partial charge in [0.2, 0.25) is 6.79 Å². The van der Waals surface area contributed by atoms with E-state index in [1.807, 2.05) is 6.07 Å². The Bertz CT molecular complexity index is 470. The van der Waals surface area contributed by atoms with Crippen LogP contribution in [0.15, 0.2) is 18.2 Å². The largest absolute Gasteiger partial charge is 0.454 e. The minimum atomic E-state index is 0.342. The average Bonchev–Trinajstić information content (AvgIpc) is 2.96. The minimum Gasteiger partial charge on any atom is -0.454 e. The molecule has 1 aromatic rings. The van der Waals surface area contributed by atoms with E-state index in [0.717, 1.165) is 30.5 Å². The lowest BCUT2D eigenvalue weighted by molar-refractivity contribution is 0.173. The van der Waals surface area contributed by atoms with Gasteiger partial charge in [0, 0.05) is 12.6 Å². The molecule has 2 aliphatic rings. The third kappa shape index (κ3) is 3.50. The van der Waals surface area contributed by atoms with Crippen molar-refractivity contribution in [1.82, 2.24) is 10.2 Å². The van der Waals surface area contributed by atoms with Crippen LogP contribution in [0.5, 0.6) is 11.5 Å². The SMILES string of the molecule is CCNC(CN1CCC(C)CC1)c1ccc2c(c1)OCO2. The average molecular weight is 290 g/mol. The molecule has 0 saturated carbocycles. The van der Waals surface area contributed by atoms with Gasteiger partial charge in [-0.15, -0.1) is 0 Å². The van der Waals surface area contributed by atoms with E-state index in [9.17, 15) is 0 Å². The predicted molar refractivity (Wildman–Crippen MR) is 83.8 cm³/mol. The summed E-state index contributed by atoms with van der Waals surface area (Å²) in [6, 6.07) is 6.67. The second-order valence-electron chi connectivity index (χ2n) is 6.21. The maximum atomic E-state index is 5.51. The molecule has 21 heavy (non-hydrogen) atoms. The van der Waals surface area contributed by atoms with Crippen LogP contribution in [0.3, 0.4) is 0 Å². The van der Waals surface area contributed by atoms with Crippen molar-refractivity contribution in [2.24, 2.45) is 5.92 Å².